The van der Waals surface area contributed by atoms with E-state index >= 15 is 0 Å². The number of hydrogen-bond donors (Lipinski definition) is 1. The van der Waals surface area contributed by atoms with Crippen LogP contribution in [0.25, 0.3) is 0 Å². The lowest BCUT2D eigenvalue weighted by atomic mass is 9.78. The number of nitrogens with one attached hydrogen (secondary N) is 1. The predicted molar refractivity (Wildman–Crippen MR) is 79.8 cm³/mol. The van der Waals surface area contributed by atoms with Gasteiger partial charge < -0.3 is 9.80 Å². The highest BCUT2D eigenvalue weighted by Gasteiger charge is 2.40. The van der Waals surface area contributed by atoms with Gasteiger partial charge in [0.15, 0.2) is 0 Å². The Morgan fingerprint density at radius 2 is 2.14 bits per heavy atom. The minimum atomic E-state index is -0.185. The number of aromatic nitrogens is 3. The van der Waals surface area contributed by atoms with E-state index in [1.54, 1.807) is 6.33 Å². The first-order chi connectivity index (χ1) is 10.1. The first-order valence-electron chi connectivity index (χ1n) is 7.92. The topological polar surface area (TPSA) is 65.1 Å². The molecule has 1 aromatic heterocycles. The van der Waals surface area contributed by atoms with Crippen molar-refractivity contribution in [2.24, 2.45) is 5.41 Å². The van der Waals surface area contributed by atoms with Crippen molar-refractivity contribution in [3.63, 3.8) is 0 Å². The third-order valence-corrected chi connectivity index (χ3v) is 5.14. The predicted octanol–water partition coefficient (Wildman–Crippen LogP) is 1.24. The van der Waals surface area contributed by atoms with Gasteiger partial charge in [0.2, 0.25) is 5.91 Å². The van der Waals surface area contributed by atoms with Crippen molar-refractivity contribution < 1.29 is 4.79 Å². The maximum absolute atomic E-state index is 13.0. The van der Waals surface area contributed by atoms with E-state index in [0.29, 0.717) is 11.8 Å². The van der Waals surface area contributed by atoms with Gasteiger partial charge in [-0.15, -0.1) is 0 Å². The summed E-state index contributed by atoms with van der Waals surface area (Å²) >= 11 is 0. The minimum Gasteiger partial charge on any atom is -0.341 e. The third kappa shape index (κ3) is 2.95. The number of amides is 1. The first-order valence-corrected chi connectivity index (χ1v) is 7.92. The maximum atomic E-state index is 13.0. The molecule has 2 aliphatic heterocycles. The molecular formula is C15H25N5O. The number of likely N-dealkylation sites (tertiary alicyclic amines) is 2. The Bertz CT molecular complexity index is 478. The smallest absolute Gasteiger partial charge is 0.228 e. The lowest BCUT2D eigenvalue weighted by molar-refractivity contribution is -0.145. The summed E-state index contributed by atoms with van der Waals surface area (Å²) in [7, 11) is 2.13. The van der Waals surface area contributed by atoms with Crippen molar-refractivity contribution in [2.45, 2.75) is 38.5 Å². The van der Waals surface area contributed by atoms with Crippen molar-refractivity contribution in [2.75, 3.05) is 33.2 Å². The van der Waals surface area contributed by atoms with Gasteiger partial charge in [0, 0.05) is 24.4 Å². The van der Waals surface area contributed by atoms with Crippen LogP contribution in [0.5, 0.6) is 0 Å². The molecule has 21 heavy (non-hydrogen) atoms. The fraction of sp³-hybridized carbons (Fsp3) is 0.800. The van der Waals surface area contributed by atoms with E-state index < -0.39 is 0 Å². The molecule has 0 radical (unpaired) electrons. The summed E-state index contributed by atoms with van der Waals surface area (Å²) in [6.07, 6.45) is 5.61. The summed E-state index contributed by atoms with van der Waals surface area (Å²) in [6, 6.07) is 0. The highest BCUT2D eigenvalue weighted by atomic mass is 16.2. The molecule has 3 rings (SSSR count). The Labute approximate surface area is 125 Å². The van der Waals surface area contributed by atoms with Crippen molar-refractivity contribution in [1.82, 2.24) is 25.0 Å². The van der Waals surface area contributed by atoms with Gasteiger partial charge in [0.05, 0.1) is 0 Å². The van der Waals surface area contributed by atoms with Crippen molar-refractivity contribution in [3.05, 3.63) is 12.2 Å². The first kappa shape index (κ1) is 14.5. The largest absolute Gasteiger partial charge is 0.341 e. The second kappa shape index (κ2) is 5.75. The molecule has 1 aromatic rings. The lowest BCUT2D eigenvalue weighted by Crippen LogP contribution is -2.50. The van der Waals surface area contributed by atoms with Crippen LogP contribution in [0, 0.1) is 5.41 Å². The molecule has 3 heterocycles. The number of nitrogens with zero attached hydrogens (tertiary/aromatic N) is 4. The number of H-pyrrole nitrogens is 1. The zero-order valence-electron chi connectivity index (χ0n) is 13.0. The summed E-state index contributed by atoms with van der Waals surface area (Å²) in [5, 5.41) is 6.89. The maximum Gasteiger partial charge on any atom is 0.228 e. The minimum absolute atomic E-state index is 0.185. The number of aromatic amines is 1. The van der Waals surface area contributed by atoms with Crippen LogP contribution in [-0.2, 0) is 4.79 Å². The molecule has 1 N–H and O–H groups in total. The van der Waals surface area contributed by atoms with Gasteiger partial charge in [0.1, 0.15) is 12.2 Å². The molecule has 1 amide bonds. The van der Waals surface area contributed by atoms with Crippen molar-refractivity contribution in [1.29, 1.82) is 0 Å². The number of rotatable bonds is 2. The van der Waals surface area contributed by atoms with Crippen LogP contribution < -0.4 is 0 Å². The number of piperidine rings is 2. The van der Waals surface area contributed by atoms with Gasteiger partial charge in [-0.25, -0.2) is 4.98 Å². The fourth-order valence-corrected chi connectivity index (χ4v) is 3.50. The van der Waals surface area contributed by atoms with Crippen molar-refractivity contribution >= 4 is 5.91 Å². The SMILES string of the molecule is CN1CCC(C)(C(=O)N2CCCC(c3ncn[nH]3)C2)CC1. The molecule has 6 heteroatoms. The van der Waals surface area contributed by atoms with Gasteiger partial charge in [-0.1, -0.05) is 6.92 Å². The van der Waals surface area contributed by atoms with Crippen LogP contribution in [0.2, 0.25) is 0 Å². The van der Waals surface area contributed by atoms with E-state index in [0.717, 1.165) is 57.7 Å². The second-order valence-electron chi connectivity index (χ2n) is 6.82. The summed E-state index contributed by atoms with van der Waals surface area (Å²) in [5.41, 5.74) is -0.185. The molecule has 0 spiro atoms. The van der Waals surface area contributed by atoms with Crippen LogP contribution in [0.15, 0.2) is 6.33 Å². The van der Waals surface area contributed by atoms with E-state index in [1.807, 2.05) is 0 Å². The van der Waals surface area contributed by atoms with Crippen LogP contribution in [0.3, 0.4) is 0 Å². The van der Waals surface area contributed by atoms with Gasteiger partial charge in [-0.2, -0.15) is 5.10 Å². The van der Waals surface area contributed by atoms with Gasteiger partial charge in [-0.3, -0.25) is 9.89 Å². The Balaban J connectivity index is 1.67. The summed E-state index contributed by atoms with van der Waals surface area (Å²) in [5.74, 6) is 1.56. The molecule has 0 bridgehead atoms. The highest BCUT2D eigenvalue weighted by Crippen LogP contribution is 2.35. The van der Waals surface area contributed by atoms with Crippen molar-refractivity contribution in [3.8, 4) is 0 Å². The highest BCUT2D eigenvalue weighted by molar-refractivity contribution is 5.82. The third-order valence-electron chi connectivity index (χ3n) is 5.14. The Kier molecular flexibility index (Phi) is 3.97. The van der Waals surface area contributed by atoms with E-state index in [1.165, 1.54) is 0 Å². The Morgan fingerprint density at radius 3 is 2.81 bits per heavy atom. The number of hydrogen-bond acceptors (Lipinski definition) is 4. The molecule has 0 aromatic carbocycles. The second-order valence-corrected chi connectivity index (χ2v) is 6.82. The number of carbonyl (C=O) groups excluding carboxylic acids is 1. The van der Waals surface area contributed by atoms with E-state index in [2.05, 4.69) is 39.0 Å². The molecule has 0 aliphatic carbocycles. The van der Waals surface area contributed by atoms with Gasteiger partial charge in [-0.05, 0) is 45.8 Å². The van der Waals surface area contributed by atoms with E-state index in [9.17, 15) is 4.79 Å². The molecule has 0 saturated carbocycles. The van der Waals surface area contributed by atoms with E-state index in [4.69, 9.17) is 0 Å². The lowest BCUT2D eigenvalue weighted by Gasteiger charge is -2.42. The van der Waals surface area contributed by atoms with Crippen LogP contribution in [0.1, 0.15) is 44.3 Å². The van der Waals surface area contributed by atoms with Crippen LogP contribution in [-0.4, -0.2) is 64.1 Å². The van der Waals surface area contributed by atoms with Gasteiger partial charge in [0.25, 0.3) is 0 Å². The fourth-order valence-electron chi connectivity index (χ4n) is 3.50. The average molecular weight is 291 g/mol. The Hall–Kier alpha value is -1.43. The molecule has 1 unspecified atom stereocenters. The zero-order chi connectivity index (χ0) is 14.9. The molecule has 6 nitrogen and oxygen atoms in total. The molecule has 2 fully saturated rings. The van der Waals surface area contributed by atoms with Crippen LogP contribution >= 0.6 is 0 Å². The molecule has 2 saturated heterocycles. The quantitative estimate of drug-likeness (QED) is 0.890. The monoisotopic (exact) mass is 291 g/mol. The normalized spacial score (nSPS) is 26.8. The molecule has 116 valence electrons. The van der Waals surface area contributed by atoms with Gasteiger partial charge >= 0.3 is 0 Å². The average Bonchev–Trinajstić information content (AvgIpc) is 3.04. The summed E-state index contributed by atoms with van der Waals surface area (Å²) < 4.78 is 0. The molecular weight excluding hydrogens is 266 g/mol. The summed E-state index contributed by atoms with van der Waals surface area (Å²) in [4.78, 5) is 21.6. The Morgan fingerprint density at radius 1 is 1.38 bits per heavy atom. The van der Waals surface area contributed by atoms with Crippen LogP contribution in [0.4, 0.5) is 0 Å². The van der Waals surface area contributed by atoms with E-state index in [-0.39, 0.29) is 5.41 Å². The number of carbonyl (C=O) groups is 1. The zero-order valence-corrected chi connectivity index (χ0v) is 13.0. The molecule has 2 aliphatic rings. The summed E-state index contributed by atoms with van der Waals surface area (Å²) in [6.45, 7) is 5.83. The standard InChI is InChI=1S/C15H25N5O/c1-15(5-8-19(2)9-6-15)14(21)20-7-3-4-12(10-20)13-16-11-17-18-13/h11-12H,3-10H2,1-2H3,(H,16,17,18). The molecule has 1 atom stereocenters.